The van der Waals surface area contributed by atoms with Gasteiger partial charge in [0.2, 0.25) is 21.8 Å². The molecule has 0 unspecified atom stereocenters. The van der Waals surface area contributed by atoms with Gasteiger partial charge < -0.3 is 10.2 Å². The molecule has 0 saturated heterocycles. The van der Waals surface area contributed by atoms with E-state index in [9.17, 15) is 18.0 Å². The Hall–Kier alpha value is -2.29. The van der Waals surface area contributed by atoms with Crippen LogP contribution in [0.2, 0.25) is 10.0 Å². The largest absolute Gasteiger partial charge is 0.352 e. The number of nitrogens with zero attached hydrogens (tertiary/aromatic N) is 2. The number of anilines is 1. The Morgan fingerprint density at radius 1 is 1.00 bits per heavy atom. The van der Waals surface area contributed by atoms with E-state index in [0.29, 0.717) is 0 Å². The second-order valence-electron chi connectivity index (χ2n) is 7.69. The second-order valence-corrected chi connectivity index (χ2v) is 10.4. The number of rotatable bonds is 9. The molecule has 0 aromatic heterocycles. The Bertz CT molecular complexity index is 1060. The normalized spacial score (nSPS) is 12.3. The molecule has 2 amide bonds. The van der Waals surface area contributed by atoms with Crippen LogP contribution >= 0.6 is 23.2 Å². The average Bonchev–Trinajstić information content (AvgIpc) is 2.71. The van der Waals surface area contributed by atoms with E-state index in [2.05, 4.69) is 5.32 Å². The van der Waals surface area contributed by atoms with Crippen LogP contribution in [0.3, 0.4) is 0 Å². The van der Waals surface area contributed by atoms with Crippen LogP contribution < -0.4 is 9.62 Å². The van der Waals surface area contributed by atoms with E-state index in [1.165, 1.54) is 17.0 Å². The molecule has 0 bridgehead atoms. The van der Waals surface area contributed by atoms with Gasteiger partial charge in [-0.25, -0.2) is 8.42 Å². The van der Waals surface area contributed by atoms with Crippen LogP contribution in [0, 0.1) is 0 Å². The van der Waals surface area contributed by atoms with Gasteiger partial charge in [0.1, 0.15) is 12.6 Å². The van der Waals surface area contributed by atoms with Gasteiger partial charge in [-0.15, -0.1) is 0 Å². The molecular formula is C22H27Cl2N3O4S. The Kier molecular flexibility index (Phi) is 8.95. The molecule has 0 aliphatic carbocycles. The first-order valence-corrected chi connectivity index (χ1v) is 12.6. The Morgan fingerprint density at radius 3 is 2.19 bits per heavy atom. The van der Waals surface area contributed by atoms with Gasteiger partial charge >= 0.3 is 0 Å². The fourth-order valence-electron chi connectivity index (χ4n) is 3.05. The summed E-state index contributed by atoms with van der Waals surface area (Å²) in [6.45, 7) is 4.84. The molecule has 2 aromatic carbocycles. The number of nitrogens with one attached hydrogen (secondary N) is 1. The van der Waals surface area contributed by atoms with E-state index < -0.39 is 28.5 Å². The number of carbonyl (C=O) groups is 2. The van der Waals surface area contributed by atoms with Crippen molar-refractivity contribution in [2.75, 3.05) is 17.1 Å². The van der Waals surface area contributed by atoms with Crippen LogP contribution in [-0.4, -0.2) is 50.0 Å². The Morgan fingerprint density at radius 2 is 1.62 bits per heavy atom. The third-order valence-corrected chi connectivity index (χ3v) is 6.61. The number of amides is 2. The zero-order chi connectivity index (χ0) is 24.1. The van der Waals surface area contributed by atoms with Gasteiger partial charge in [-0.2, -0.15) is 0 Å². The highest BCUT2D eigenvalue weighted by atomic mass is 35.5. The van der Waals surface area contributed by atoms with Crippen LogP contribution in [-0.2, 0) is 26.2 Å². The maximum Gasteiger partial charge on any atom is 0.244 e. The third kappa shape index (κ3) is 6.85. The van der Waals surface area contributed by atoms with Gasteiger partial charge in [0.25, 0.3) is 0 Å². The lowest BCUT2D eigenvalue weighted by Crippen LogP contribution is -2.52. The lowest BCUT2D eigenvalue weighted by molar-refractivity contribution is -0.139. The van der Waals surface area contributed by atoms with Crippen molar-refractivity contribution >= 4 is 50.7 Å². The van der Waals surface area contributed by atoms with E-state index >= 15 is 0 Å². The molecule has 174 valence electrons. The maximum atomic E-state index is 13.4. The summed E-state index contributed by atoms with van der Waals surface area (Å²) in [4.78, 5) is 27.4. The molecular weight excluding hydrogens is 473 g/mol. The first-order chi connectivity index (χ1) is 14.9. The molecule has 0 heterocycles. The monoisotopic (exact) mass is 499 g/mol. The van der Waals surface area contributed by atoms with Crippen molar-refractivity contribution in [2.24, 2.45) is 0 Å². The summed E-state index contributed by atoms with van der Waals surface area (Å²) in [6.07, 6.45) is 0.980. The van der Waals surface area contributed by atoms with Gasteiger partial charge in [0, 0.05) is 12.6 Å². The fourth-order valence-corrected chi connectivity index (χ4v) is 4.35. The van der Waals surface area contributed by atoms with E-state index in [4.69, 9.17) is 23.2 Å². The van der Waals surface area contributed by atoms with Crippen molar-refractivity contribution < 1.29 is 18.0 Å². The zero-order valence-electron chi connectivity index (χ0n) is 18.4. The molecule has 2 aromatic rings. The average molecular weight is 500 g/mol. The summed E-state index contributed by atoms with van der Waals surface area (Å²) in [7, 11) is -3.88. The van der Waals surface area contributed by atoms with Crippen LogP contribution in [0.4, 0.5) is 5.69 Å². The SMILES string of the molecule is CC(C)NC(=O)[C@@H](C)N(Cc1ccccc1)C(=O)CN(c1cccc(Cl)c1Cl)S(C)(=O)=O. The highest BCUT2D eigenvalue weighted by Gasteiger charge is 2.31. The topological polar surface area (TPSA) is 86.8 Å². The number of hydrogen-bond donors (Lipinski definition) is 1. The molecule has 0 aliphatic rings. The number of carbonyl (C=O) groups excluding carboxylic acids is 2. The standard InChI is InChI=1S/C22H27Cl2N3O4S/c1-15(2)25-22(29)16(3)26(13-17-9-6-5-7-10-17)20(28)14-27(32(4,30)31)19-12-8-11-18(23)21(19)24/h5-12,15-16H,13-14H2,1-4H3,(H,25,29)/t16-/m1/s1. The summed E-state index contributed by atoms with van der Waals surface area (Å²) >= 11 is 12.3. The van der Waals surface area contributed by atoms with Gasteiger partial charge in [-0.3, -0.25) is 13.9 Å². The summed E-state index contributed by atoms with van der Waals surface area (Å²) in [5.74, 6) is -0.891. The summed E-state index contributed by atoms with van der Waals surface area (Å²) in [6, 6.07) is 12.7. The molecule has 0 aliphatic heterocycles. The fraction of sp³-hybridized carbons (Fsp3) is 0.364. The molecule has 0 spiro atoms. The van der Waals surface area contributed by atoms with Gasteiger partial charge in [-0.1, -0.05) is 59.6 Å². The predicted molar refractivity (Wildman–Crippen MR) is 128 cm³/mol. The van der Waals surface area contributed by atoms with Crippen molar-refractivity contribution in [2.45, 2.75) is 39.4 Å². The minimum atomic E-state index is -3.88. The Balaban J connectivity index is 2.41. The molecule has 1 N–H and O–H groups in total. The molecule has 7 nitrogen and oxygen atoms in total. The van der Waals surface area contributed by atoms with Crippen LogP contribution in [0.25, 0.3) is 0 Å². The first-order valence-electron chi connectivity index (χ1n) is 9.97. The Labute approximate surface area is 199 Å². The highest BCUT2D eigenvalue weighted by Crippen LogP contribution is 2.33. The second kappa shape index (κ2) is 11.0. The van der Waals surface area contributed by atoms with E-state index in [1.807, 2.05) is 44.2 Å². The summed E-state index contributed by atoms with van der Waals surface area (Å²) in [5.41, 5.74) is 0.894. The molecule has 2 rings (SSSR count). The zero-order valence-corrected chi connectivity index (χ0v) is 20.7. The smallest absolute Gasteiger partial charge is 0.244 e. The van der Waals surface area contributed by atoms with Crippen LogP contribution in [0.15, 0.2) is 48.5 Å². The van der Waals surface area contributed by atoms with Crippen molar-refractivity contribution in [3.05, 3.63) is 64.1 Å². The molecule has 1 atom stereocenters. The summed E-state index contributed by atoms with van der Waals surface area (Å²) in [5, 5.41) is 2.98. The quantitative estimate of drug-likeness (QED) is 0.569. The number of sulfonamides is 1. The maximum absolute atomic E-state index is 13.4. The highest BCUT2D eigenvalue weighted by molar-refractivity contribution is 7.92. The minimum absolute atomic E-state index is 0.0209. The third-order valence-electron chi connectivity index (χ3n) is 4.67. The van der Waals surface area contributed by atoms with Gasteiger partial charge in [0.05, 0.1) is 22.0 Å². The van der Waals surface area contributed by atoms with Crippen molar-refractivity contribution in [3.63, 3.8) is 0 Å². The van der Waals surface area contributed by atoms with Crippen LogP contribution in [0.5, 0.6) is 0 Å². The van der Waals surface area contributed by atoms with Crippen LogP contribution in [0.1, 0.15) is 26.3 Å². The van der Waals surface area contributed by atoms with E-state index in [-0.39, 0.29) is 34.2 Å². The lowest BCUT2D eigenvalue weighted by atomic mass is 10.1. The number of benzene rings is 2. The summed E-state index contributed by atoms with van der Waals surface area (Å²) < 4.78 is 26.0. The van der Waals surface area contributed by atoms with E-state index in [0.717, 1.165) is 16.1 Å². The lowest BCUT2D eigenvalue weighted by Gasteiger charge is -2.32. The van der Waals surface area contributed by atoms with Crippen molar-refractivity contribution in [1.82, 2.24) is 10.2 Å². The molecule has 0 saturated carbocycles. The molecule has 0 radical (unpaired) electrons. The molecule has 32 heavy (non-hydrogen) atoms. The van der Waals surface area contributed by atoms with Crippen molar-refractivity contribution in [1.29, 1.82) is 0 Å². The minimum Gasteiger partial charge on any atom is -0.352 e. The van der Waals surface area contributed by atoms with Gasteiger partial charge in [-0.05, 0) is 38.5 Å². The molecule has 0 fully saturated rings. The van der Waals surface area contributed by atoms with E-state index in [1.54, 1.807) is 13.0 Å². The number of halogens is 2. The first kappa shape index (κ1) is 26.0. The van der Waals surface area contributed by atoms with Gasteiger partial charge in [0.15, 0.2) is 0 Å². The number of hydrogen-bond acceptors (Lipinski definition) is 4. The molecule has 10 heteroatoms. The predicted octanol–water partition coefficient (Wildman–Crippen LogP) is 3.70. The van der Waals surface area contributed by atoms with Crippen molar-refractivity contribution in [3.8, 4) is 0 Å².